The molecule has 0 fully saturated rings. The number of ether oxygens (including phenoxy) is 1. The van der Waals surface area contributed by atoms with Gasteiger partial charge >= 0.3 is 0 Å². The molecule has 0 unspecified atom stereocenters. The third-order valence-corrected chi connectivity index (χ3v) is 3.37. The third-order valence-electron chi connectivity index (χ3n) is 2.53. The summed E-state index contributed by atoms with van der Waals surface area (Å²) in [6.45, 7) is 3.71. The van der Waals surface area contributed by atoms with E-state index in [9.17, 15) is 4.39 Å². The standard InChI is InChI=1S/C13H15FN2OS/c1-3-15-7-13-16-11(8-18-13)9-4-5-12(17-2)10(14)6-9/h4-6,8,15H,3,7H2,1-2H3. The van der Waals surface area contributed by atoms with Gasteiger partial charge in [0.2, 0.25) is 0 Å². The number of rotatable bonds is 5. The molecule has 1 aromatic carbocycles. The molecule has 0 radical (unpaired) electrons. The van der Waals surface area contributed by atoms with Crippen LogP contribution in [0.5, 0.6) is 5.75 Å². The lowest BCUT2D eigenvalue weighted by atomic mass is 10.1. The van der Waals surface area contributed by atoms with Gasteiger partial charge in [-0.15, -0.1) is 11.3 Å². The summed E-state index contributed by atoms with van der Waals surface area (Å²) in [4.78, 5) is 4.46. The number of hydrogen-bond acceptors (Lipinski definition) is 4. The number of aromatic nitrogens is 1. The van der Waals surface area contributed by atoms with E-state index in [0.717, 1.165) is 29.4 Å². The molecule has 96 valence electrons. The van der Waals surface area contributed by atoms with Gasteiger partial charge in [-0.3, -0.25) is 0 Å². The highest BCUT2D eigenvalue weighted by atomic mass is 32.1. The zero-order chi connectivity index (χ0) is 13.0. The Bertz CT molecular complexity index is 527. The van der Waals surface area contributed by atoms with E-state index in [0.29, 0.717) is 0 Å². The predicted molar refractivity (Wildman–Crippen MR) is 71.4 cm³/mol. The molecule has 0 bridgehead atoms. The van der Waals surface area contributed by atoms with E-state index in [1.165, 1.54) is 13.2 Å². The minimum Gasteiger partial charge on any atom is -0.494 e. The maximum atomic E-state index is 13.6. The molecular formula is C13H15FN2OS. The summed E-state index contributed by atoms with van der Waals surface area (Å²) in [6.07, 6.45) is 0. The van der Waals surface area contributed by atoms with E-state index in [-0.39, 0.29) is 11.6 Å². The topological polar surface area (TPSA) is 34.2 Å². The number of benzene rings is 1. The third kappa shape index (κ3) is 2.86. The molecular weight excluding hydrogens is 251 g/mol. The summed E-state index contributed by atoms with van der Waals surface area (Å²) in [5.41, 5.74) is 1.57. The van der Waals surface area contributed by atoms with Crippen molar-refractivity contribution in [3.8, 4) is 17.0 Å². The number of nitrogens with one attached hydrogen (secondary N) is 1. The molecule has 0 saturated carbocycles. The number of thiazole rings is 1. The van der Waals surface area contributed by atoms with Crippen LogP contribution in [0.3, 0.4) is 0 Å². The number of methoxy groups -OCH3 is 1. The van der Waals surface area contributed by atoms with Crippen molar-refractivity contribution in [2.45, 2.75) is 13.5 Å². The van der Waals surface area contributed by atoms with Gasteiger partial charge in [0.05, 0.1) is 12.8 Å². The Morgan fingerprint density at radius 2 is 2.28 bits per heavy atom. The van der Waals surface area contributed by atoms with Gasteiger partial charge in [-0.05, 0) is 24.7 Å². The summed E-state index contributed by atoms with van der Waals surface area (Å²) in [5, 5.41) is 6.15. The van der Waals surface area contributed by atoms with Crippen LogP contribution in [0.4, 0.5) is 4.39 Å². The van der Waals surface area contributed by atoms with Gasteiger partial charge in [0.1, 0.15) is 5.01 Å². The van der Waals surface area contributed by atoms with Gasteiger partial charge in [-0.1, -0.05) is 6.92 Å². The van der Waals surface area contributed by atoms with Gasteiger partial charge in [0.25, 0.3) is 0 Å². The largest absolute Gasteiger partial charge is 0.494 e. The molecule has 0 atom stereocenters. The average molecular weight is 266 g/mol. The Balaban J connectivity index is 2.20. The summed E-state index contributed by atoms with van der Waals surface area (Å²) < 4.78 is 18.5. The maximum Gasteiger partial charge on any atom is 0.165 e. The lowest BCUT2D eigenvalue weighted by Crippen LogP contribution is -2.11. The van der Waals surface area contributed by atoms with Crippen LogP contribution in [0, 0.1) is 5.82 Å². The van der Waals surface area contributed by atoms with E-state index in [1.807, 2.05) is 18.4 Å². The van der Waals surface area contributed by atoms with Crippen LogP contribution in [-0.4, -0.2) is 18.6 Å². The zero-order valence-electron chi connectivity index (χ0n) is 10.4. The van der Waals surface area contributed by atoms with Crippen LogP contribution in [0.15, 0.2) is 23.6 Å². The molecule has 1 aromatic heterocycles. The van der Waals surface area contributed by atoms with Crippen molar-refractivity contribution in [3.05, 3.63) is 34.4 Å². The number of hydrogen-bond donors (Lipinski definition) is 1. The molecule has 0 saturated heterocycles. The van der Waals surface area contributed by atoms with Crippen LogP contribution in [-0.2, 0) is 6.54 Å². The second kappa shape index (κ2) is 5.93. The Morgan fingerprint density at radius 1 is 1.44 bits per heavy atom. The van der Waals surface area contributed by atoms with Crippen molar-refractivity contribution in [2.24, 2.45) is 0 Å². The predicted octanol–water partition coefficient (Wildman–Crippen LogP) is 3.07. The highest BCUT2D eigenvalue weighted by Crippen LogP contribution is 2.26. The van der Waals surface area contributed by atoms with Crippen LogP contribution >= 0.6 is 11.3 Å². The maximum absolute atomic E-state index is 13.6. The zero-order valence-corrected chi connectivity index (χ0v) is 11.2. The molecule has 18 heavy (non-hydrogen) atoms. The molecule has 3 nitrogen and oxygen atoms in total. The van der Waals surface area contributed by atoms with Crippen LogP contribution in [0.2, 0.25) is 0 Å². The monoisotopic (exact) mass is 266 g/mol. The van der Waals surface area contributed by atoms with E-state index in [4.69, 9.17) is 4.74 Å². The van der Waals surface area contributed by atoms with Crippen LogP contribution in [0.1, 0.15) is 11.9 Å². The Hall–Kier alpha value is -1.46. The molecule has 0 spiro atoms. The highest BCUT2D eigenvalue weighted by Gasteiger charge is 2.08. The molecule has 0 amide bonds. The number of halogens is 1. The molecule has 5 heteroatoms. The van der Waals surface area contributed by atoms with Gasteiger partial charge in [0, 0.05) is 17.5 Å². The SMILES string of the molecule is CCNCc1nc(-c2ccc(OC)c(F)c2)cs1. The smallest absolute Gasteiger partial charge is 0.165 e. The Morgan fingerprint density at radius 3 is 2.94 bits per heavy atom. The van der Waals surface area contributed by atoms with E-state index in [2.05, 4.69) is 10.3 Å². The molecule has 0 aliphatic carbocycles. The molecule has 0 aliphatic heterocycles. The molecule has 2 aromatic rings. The minimum absolute atomic E-state index is 0.252. The highest BCUT2D eigenvalue weighted by molar-refractivity contribution is 7.09. The second-order valence-electron chi connectivity index (χ2n) is 3.76. The van der Waals surface area contributed by atoms with Gasteiger partial charge in [-0.2, -0.15) is 0 Å². The summed E-state index contributed by atoms with van der Waals surface area (Å²) in [6, 6.07) is 4.88. The van der Waals surface area contributed by atoms with E-state index < -0.39 is 0 Å². The second-order valence-corrected chi connectivity index (χ2v) is 4.70. The fourth-order valence-corrected chi connectivity index (χ4v) is 2.36. The Labute approximate surface area is 110 Å². The van der Waals surface area contributed by atoms with E-state index in [1.54, 1.807) is 17.4 Å². The van der Waals surface area contributed by atoms with Crippen molar-refractivity contribution < 1.29 is 9.13 Å². The Kier molecular flexibility index (Phi) is 4.28. The summed E-state index contributed by atoms with van der Waals surface area (Å²) >= 11 is 1.57. The first kappa shape index (κ1) is 13.0. The van der Waals surface area contributed by atoms with Crippen molar-refractivity contribution in [1.29, 1.82) is 0 Å². The van der Waals surface area contributed by atoms with E-state index >= 15 is 0 Å². The first-order valence-corrected chi connectivity index (χ1v) is 6.61. The summed E-state index contributed by atoms with van der Waals surface area (Å²) in [5.74, 6) is -0.113. The average Bonchev–Trinajstić information content (AvgIpc) is 2.85. The van der Waals surface area contributed by atoms with Crippen LogP contribution < -0.4 is 10.1 Å². The van der Waals surface area contributed by atoms with Crippen LogP contribution in [0.25, 0.3) is 11.3 Å². The first-order chi connectivity index (χ1) is 8.74. The summed E-state index contributed by atoms with van der Waals surface area (Å²) in [7, 11) is 1.45. The van der Waals surface area contributed by atoms with Gasteiger partial charge < -0.3 is 10.1 Å². The van der Waals surface area contributed by atoms with Crippen molar-refractivity contribution in [2.75, 3.05) is 13.7 Å². The van der Waals surface area contributed by atoms with Crippen molar-refractivity contribution >= 4 is 11.3 Å². The first-order valence-electron chi connectivity index (χ1n) is 5.73. The number of nitrogens with zero attached hydrogens (tertiary/aromatic N) is 1. The fourth-order valence-electron chi connectivity index (χ4n) is 1.58. The van der Waals surface area contributed by atoms with Crippen molar-refractivity contribution in [1.82, 2.24) is 10.3 Å². The molecule has 1 N–H and O–H groups in total. The molecule has 2 rings (SSSR count). The van der Waals surface area contributed by atoms with Gasteiger partial charge in [0.15, 0.2) is 11.6 Å². The lowest BCUT2D eigenvalue weighted by molar-refractivity contribution is 0.386. The van der Waals surface area contributed by atoms with Gasteiger partial charge in [-0.25, -0.2) is 9.37 Å². The van der Waals surface area contributed by atoms with Crippen molar-refractivity contribution in [3.63, 3.8) is 0 Å². The molecule has 1 heterocycles. The minimum atomic E-state index is -0.365. The molecule has 0 aliphatic rings. The lowest BCUT2D eigenvalue weighted by Gasteiger charge is -2.03. The fraction of sp³-hybridized carbons (Fsp3) is 0.308. The quantitative estimate of drug-likeness (QED) is 0.903. The normalized spacial score (nSPS) is 10.6.